The highest BCUT2D eigenvalue weighted by atomic mass is 32.1. The number of hydrogen-bond acceptors (Lipinski definition) is 3. The van der Waals surface area contributed by atoms with Gasteiger partial charge in [0.2, 0.25) is 0 Å². The molecule has 5 heteroatoms. The van der Waals surface area contributed by atoms with Crippen molar-refractivity contribution in [2.45, 2.75) is 19.5 Å². The van der Waals surface area contributed by atoms with Crippen molar-refractivity contribution in [3.8, 4) is 11.1 Å². The molecule has 3 N–H and O–H groups in total. The average Bonchev–Trinajstić information content (AvgIpc) is 3.12. The third kappa shape index (κ3) is 3.31. The molecule has 130 valence electrons. The molecular weight excluding hydrogens is 342 g/mol. The Morgan fingerprint density at radius 2 is 1.77 bits per heavy atom. The zero-order valence-corrected chi connectivity index (χ0v) is 15.3. The number of aromatic amines is 1. The van der Waals surface area contributed by atoms with Crippen LogP contribution in [-0.2, 0) is 6.54 Å². The highest BCUT2D eigenvalue weighted by molar-refractivity contribution is 7.17. The summed E-state index contributed by atoms with van der Waals surface area (Å²) in [5, 5.41) is 4.88. The maximum atomic E-state index is 12.7. The Morgan fingerprint density at radius 1 is 1.08 bits per heavy atom. The third-order valence-electron chi connectivity index (χ3n) is 4.57. The van der Waals surface area contributed by atoms with E-state index in [1.54, 1.807) is 0 Å². The second-order valence-corrected chi connectivity index (χ2v) is 7.21. The zero-order chi connectivity index (χ0) is 17.9. The van der Waals surface area contributed by atoms with Crippen molar-refractivity contribution < 1.29 is 5.32 Å². The molecule has 0 amide bonds. The van der Waals surface area contributed by atoms with Crippen LogP contribution in [0.15, 0.2) is 70.8 Å². The van der Waals surface area contributed by atoms with Gasteiger partial charge in [0.05, 0.1) is 5.39 Å². The van der Waals surface area contributed by atoms with E-state index in [4.69, 9.17) is 0 Å². The molecule has 4 rings (SSSR count). The molecule has 0 fully saturated rings. The maximum Gasteiger partial charge on any atom is 0.260 e. The number of thiophene rings is 1. The second-order valence-electron chi connectivity index (χ2n) is 6.35. The molecule has 4 aromatic rings. The lowest BCUT2D eigenvalue weighted by Gasteiger charge is -2.10. The first-order valence-corrected chi connectivity index (χ1v) is 9.54. The number of fused-ring (bicyclic) bond motifs is 1. The Hall–Kier alpha value is -2.76. The molecule has 2 heterocycles. The van der Waals surface area contributed by atoms with E-state index < -0.39 is 0 Å². The molecular formula is C21H20N3OS+. The van der Waals surface area contributed by atoms with Crippen molar-refractivity contribution in [3.63, 3.8) is 0 Å². The van der Waals surface area contributed by atoms with Crippen molar-refractivity contribution in [1.29, 1.82) is 0 Å². The summed E-state index contributed by atoms with van der Waals surface area (Å²) in [7, 11) is 0. The topological polar surface area (TPSA) is 62.4 Å². The van der Waals surface area contributed by atoms with Gasteiger partial charge in [0, 0.05) is 16.5 Å². The van der Waals surface area contributed by atoms with Gasteiger partial charge >= 0.3 is 0 Å². The summed E-state index contributed by atoms with van der Waals surface area (Å²) < 4.78 is 0. The van der Waals surface area contributed by atoms with Crippen molar-refractivity contribution >= 4 is 21.6 Å². The molecule has 0 saturated heterocycles. The molecule has 2 aromatic heterocycles. The Bertz CT molecular complexity index is 1070. The zero-order valence-electron chi connectivity index (χ0n) is 14.5. The summed E-state index contributed by atoms with van der Waals surface area (Å²) in [4.78, 5) is 21.1. The van der Waals surface area contributed by atoms with Crippen LogP contribution in [0, 0.1) is 0 Å². The Labute approximate surface area is 155 Å². The van der Waals surface area contributed by atoms with Crippen LogP contribution >= 0.6 is 11.3 Å². The van der Waals surface area contributed by atoms with Crippen molar-refractivity contribution in [2.75, 3.05) is 0 Å². The molecule has 0 aliphatic rings. The van der Waals surface area contributed by atoms with E-state index in [9.17, 15) is 4.79 Å². The predicted molar refractivity (Wildman–Crippen MR) is 106 cm³/mol. The first-order chi connectivity index (χ1) is 12.7. The number of quaternary nitrogens is 1. The fourth-order valence-corrected chi connectivity index (χ4v) is 4.07. The van der Waals surface area contributed by atoms with E-state index in [-0.39, 0.29) is 5.56 Å². The summed E-state index contributed by atoms with van der Waals surface area (Å²) in [6, 6.07) is 20.6. The van der Waals surface area contributed by atoms with Crippen LogP contribution in [0.2, 0.25) is 0 Å². The van der Waals surface area contributed by atoms with Crippen molar-refractivity contribution in [1.82, 2.24) is 9.97 Å². The van der Waals surface area contributed by atoms with E-state index in [2.05, 4.69) is 34.3 Å². The van der Waals surface area contributed by atoms with Gasteiger partial charge in [-0.05, 0) is 12.5 Å². The van der Waals surface area contributed by atoms with Crippen LogP contribution in [-0.4, -0.2) is 9.97 Å². The van der Waals surface area contributed by atoms with Gasteiger partial charge in [-0.1, -0.05) is 60.7 Å². The van der Waals surface area contributed by atoms with E-state index in [0.717, 1.165) is 16.0 Å². The number of nitrogens with one attached hydrogen (secondary N) is 1. The normalized spacial score (nSPS) is 12.3. The van der Waals surface area contributed by atoms with E-state index >= 15 is 0 Å². The van der Waals surface area contributed by atoms with Gasteiger partial charge in [-0.3, -0.25) is 4.79 Å². The standard InChI is InChI=1S/C21H19N3OS/c1-14(15-8-4-2-5-9-15)22-12-18-23-20(25)19-17(13-26-21(19)24-18)16-10-6-3-7-11-16/h2-11,13-14,22H,12H2,1H3,(H,23,24,25)/p+1/t14-/m1/s1. The minimum atomic E-state index is -0.0640. The monoisotopic (exact) mass is 362 g/mol. The summed E-state index contributed by atoms with van der Waals surface area (Å²) in [6.07, 6.45) is 0. The number of nitrogens with zero attached hydrogens (tertiary/aromatic N) is 1. The van der Waals surface area contributed by atoms with Crippen LogP contribution in [0.5, 0.6) is 0 Å². The predicted octanol–water partition coefficient (Wildman–Crippen LogP) is 3.48. The molecule has 0 unspecified atom stereocenters. The molecule has 2 aromatic carbocycles. The molecule has 0 radical (unpaired) electrons. The molecule has 0 bridgehead atoms. The van der Waals surface area contributed by atoms with Gasteiger partial charge in [-0.15, -0.1) is 11.3 Å². The quantitative estimate of drug-likeness (QED) is 0.571. The lowest BCUT2D eigenvalue weighted by atomic mass is 10.1. The number of nitrogens with two attached hydrogens (primary N) is 1. The third-order valence-corrected chi connectivity index (χ3v) is 5.44. The molecule has 0 saturated carbocycles. The Kier molecular flexibility index (Phi) is 4.65. The minimum Gasteiger partial charge on any atom is -0.334 e. The lowest BCUT2D eigenvalue weighted by molar-refractivity contribution is -0.708. The van der Waals surface area contributed by atoms with Gasteiger partial charge in [0.1, 0.15) is 17.4 Å². The largest absolute Gasteiger partial charge is 0.334 e. The van der Waals surface area contributed by atoms with Gasteiger partial charge in [0.25, 0.3) is 5.56 Å². The lowest BCUT2D eigenvalue weighted by Crippen LogP contribution is -2.83. The number of H-pyrrole nitrogens is 1. The van der Waals surface area contributed by atoms with E-state index in [1.807, 2.05) is 53.9 Å². The highest BCUT2D eigenvalue weighted by Crippen LogP contribution is 2.30. The molecule has 1 atom stereocenters. The van der Waals surface area contributed by atoms with Crippen LogP contribution < -0.4 is 10.9 Å². The molecule has 0 spiro atoms. The number of benzene rings is 2. The van der Waals surface area contributed by atoms with E-state index in [0.29, 0.717) is 23.8 Å². The highest BCUT2D eigenvalue weighted by Gasteiger charge is 2.14. The van der Waals surface area contributed by atoms with Crippen LogP contribution in [0.1, 0.15) is 24.4 Å². The van der Waals surface area contributed by atoms with Gasteiger partial charge < -0.3 is 10.3 Å². The summed E-state index contributed by atoms with van der Waals surface area (Å²) in [6.45, 7) is 2.80. The molecule has 0 aliphatic carbocycles. The summed E-state index contributed by atoms with van der Waals surface area (Å²) in [5.41, 5.74) is 3.19. The number of rotatable bonds is 5. The fourth-order valence-electron chi connectivity index (χ4n) is 3.10. The van der Waals surface area contributed by atoms with E-state index in [1.165, 1.54) is 16.9 Å². The first kappa shape index (κ1) is 16.7. The number of hydrogen-bond donors (Lipinski definition) is 2. The first-order valence-electron chi connectivity index (χ1n) is 8.66. The van der Waals surface area contributed by atoms with Crippen LogP contribution in [0.4, 0.5) is 0 Å². The van der Waals surface area contributed by atoms with Crippen LogP contribution in [0.25, 0.3) is 21.3 Å². The SMILES string of the molecule is C[C@@H]([NH2+]Cc1nc2scc(-c3ccccc3)c2c(=O)[nH]1)c1ccccc1. The van der Waals surface area contributed by atoms with Crippen molar-refractivity contribution in [3.05, 3.63) is 87.8 Å². The Morgan fingerprint density at radius 3 is 2.50 bits per heavy atom. The van der Waals surface area contributed by atoms with Gasteiger partial charge in [-0.2, -0.15) is 0 Å². The average molecular weight is 362 g/mol. The summed E-state index contributed by atoms with van der Waals surface area (Å²) in [5.74, 6) is 0.715. The summed E-state index contributed by atoms with van der Waals surface area (Å²) >= 11 is 1.52. The number of aromatic nitrogens is 2. The van der Waals surface area contributed by atoms with Crippen LogP contribution in [0.3, 0.4) is 0 Å². The molecule has 0 aliphatic heterocycles. The Balaban J connectivity index is 1.60. The smallest absolute Gasteiger partial charge is 0.260 e. The maximum absolute atomic E-state index is 12.7. The molecule has 4 nitrogen and oxygen atoms in total. The van der Waals surface area contributed by atoms with Crippen molar-refractivity contribution in [2.24, 2.45) is 0 Å². The van der Waals surface area contributed by atoms with Gasteiger partial charge in [-0.25, -0.2) is 4.98 Å². The second kappa shape index (κ2) is 7.23. The fraction of sp³-hybridized carbons (Fsp3) is 0.143. The minimum absolute atomic E-state index is 0.0640. The van der Waals surface area contributed by atoms with Gasteiger partial charge in [0.15, 0.2) is 5.82 Å². The molecule has 26 heavy (non-hydrogen) atoms.